The number of hydrogen-bond donors (Lipinski definition) is 2. The van der Waals surface area contributed by atoms with E-state index in [4.69, 9.17) is 0 Å². The minimum Gasteiger partial charge on any atom is -0.481 e. The number of aromatic nitrogens is 3. The Balaban J connectivity index is 1.56. The van der Waals surface area contributed by atoms with E-state index >= 15 is 0 Å². The van der Waals surface area contributed by atoms with Crippen molar-refractivity contribution in [3.05, 3.63) is 94.2 Å². The summed E-state index contributed by atoms with van der Waals surface area (Å²) in [4.78, 5) is 43.0. The monoisotopic (exact) mass is 440 g/mol. The van der Waals surface area contributed by atoms with E-state index in [2.05, 4.69) is 15.2 Å². The molecule has 8 heteroatoms. The lowest BCUT2D eigenvalue weighted by atomic mass is 9.81. The SMILES string of the molecule is CC1(CC(=O)O)C(=O)N(c2cncc(Cc3n[nH]c(=O)c4ccccc34)c2)c2ccccc21. The van der Waals surface area contributed by atoms with E-state index in [1.165, 1.54) is 4.90 Å². The number of nitrogens with one attached hydrogen (secondary N) is 1. The van der Waals surface area contributed by atoms with E-state index in [9.17, 15) is 19.5 Å². The van der Waals surface area contributed by atoms with Gasteiger partial charge in [-0.25, -0.2) is 5.10 Å². The summed E-state index contributed by atoms with van der Waals surface area (Å²) in [7, 11) is 0. The Morgan fingerprint density at radius 2 is 1.79 bits per heavy atom. The van der Waals surface area contributed by atoms with Crippen molar-refractivity contribution in [2.75, 3.05) is 4.90 Å². The maximum Gasteiger partial charge on any atom is 0.304 e. The molecule has 0 bridgehead atoms. The fraction of sp³-hybridized carbons (Fsp3) is 0.160. The van der Waals surface area contributed by atoms with Crippen LogP contribution in [0.3, 0.4) is 0 Å². The van der Waals surface area contributed by atoms with Crippen LogP contribution in [-0.4, -0.2) is 32.2 Å². The molecule has 0 saturated heterocycles. The highest BCUT2D eigenvalue weighted by atomic mass is 16.4. The number of H-pyrrole nitrogens is 1. The van der Waals surface area contributed by atoms with Gasteiger partial charge in [-0.05, 0) is 36.2 Å². The van der Waals surface area contributed by atoms with Gasteiger partial charge in [0.05, 0.1) is 40.5 Å². The van der Waals surface area contributed by atoms with Crippen LogP contribution in [-0.2, 0) is 21.4 Å². The Bertz CT molecular complexity index is 1480. The van der Waals surface area contributed by atoms with Crippen LogP contribution >= 0.6 is 0 Å². The van der Waals surface area contributed by atoms with Crippen LogP contribution in [0.1, 0.15) is 30.2 Å². The molecule has 0 radical (unpaired) electrons. The van der Waals surface area contributed by atoms with Crippen molar-refractivity contribution in [2.45, 2.75) is 25.2 Å². The number of carbonyl (C=O) groups is 2. The first kappa shape index (κ1) is 20.6. The summed E-state index contributed by atoms with van der Waals surface area (Å²) >= 11 is 0. The number of aromatic amines is 1. The highest BCUT2D eigenvalue weighted by Crippen LogP contribution is 2.47. The van der Waals surface area contributed by atoms with Gasteiger partial charge in [-0.1, -0.05) is 36.4 Å². The molecule has 4 aromatic rings. The summed E-state index contributed by atoms with van der Waals surface area (Å²) in [6.45, 7) is 1.66. The zero-order valence-electron chi connectivity index (χ0n) is 17.8. The molecule has 1 unspecified atom stereocenters. The second-order valence-corrected chi connectivity index (χ2v) is 8.33. The van der Waals surface area contributed by atoms with Crippen molar-refractivity contribution in [3.63, 3.8) is 0 Å². The molecule has 1 aliphatic heterocycles. The first-order valence-corrected chi connectivity index (χ1v) is 10.4. The van der Waals surface area contributed by atoms with Crippen LogP contribution in [0, 0.1) is 0 Å². The number of nitrogens with zero attached hydrogens (tertiary/aromatic N) is 3. The smallest absolute Gasteiger partial charge is 0.304 e. The third kappa shape index (κ3) is 3.36. The first-order chi connectivity index (χ1) is 15.9. The Labute approximate surface area is 188 Å². The number of carboxylic acid groups (broad SMARTS) is 1. The maximum absolute atomic E-state index is 13.5. The molecule has 0 aliphatic carbocycles. The molecule has 0 fully saturated rings. The Hall–Kier alpha value is -4.33. The summed E-state index contributed by atoms with van der Waals surface area (Å²) < 4.78 is 0. The lowest BCUT2D eigenvalue weighted by Gasteiger charge is -2.23. The summed E-state index contributed by atoms with van der Waals surface area (Å²) in [5.41, 5.74) is 1.94. The Morgan fingerprint density at radius 3 is 2.58 bits per heavy atom. The van der Waals surface area contributed by atoms with Gasteiger partial charge in [0.15, 0.2) is 0 Å². The quantitative estimate of drug-likeness (QED) is 0.492. The number of anilines is 2. The van der Waals surface area contributed by atoms with Gasteiger partial charge < -0.3 is 5.11 Å². The van der Waals surface area contributed by atoms with Crippen molar-refractivity contribution < 1.29 is 14.7 Å². The zero-order chi connectivity index (χ0) is 23.2. The number of fused-ring (bicyclic) bond motifs is 2. The highest BCUT2D eigenvalue weighted by Gasteiger charge is 2.49. The van der Waals surface area contributed by atoms with E-state index in [1.54, 1.807) is 43.6 Å². The Morgan fingerprint density at radius 1 is 1.06 bits per heavy atom. The highest BCUT2D eigenvalue weighted by molar-refractivity contribution is 6.13. The molecule has 0 spiro atoms. The fourth-order valence-corrected chi connectivity index (χ4v) is 4.53. The third-order valence-electron chi connectivity index (χ3n) is 6.10. The normalized spacial score (nSPS) is 17.4. The van der Waals surface area contributed by atoms with Gasteiger partial charge in [0.2, 0.25) is 5.91 Å². The van der Waals surface area contributed by atoms with Crippen molar-refractivity contribution in [1.29, 1.82) is 0 Å². The van der Waals surface area contributed by atoms with Crippen LogP contribution in [0.25, 0.3) is 10.8 Å². The van der Waals surface area contributed by atoms with Crippen LogP contribution in [0.15, 0.2) is 71.8 Å². The second-order valence-electron chi connectivity index (χ2n) is 8.33. The number of hydrogen-bond acceptors (Lipinski definition) is 5. The molecule has 1 aliphatic rings. The zero-order valence-corrected chi connectivity index (χ0v) is 17.8. The molecule has 3 heterocycles. The van der Waals surface area contributed by atoms with Crippen LogP contribution < -0.4 is 10.5 Å². The average Bonchev–Trinajstić information content (AvgIpc) is 3.02. The number of carbonyl (C=O) groups excluding carboxylic acids is 1. The van der Waals surface area contributed by atoms with Crippen molar-refractivity contribution >= 4 is 34.0 Å². The lowest BCUT2D eigenvalue weighted by molar-refractivity contribution is -0.140. The van der Waals surface area contributed by atoms with E-state index in [-0.39, 0.29) is 17.9 Å². The molecule has 1 atom stereocenters. The average molecular weight is 440 g/mol. The number of benzene rings is 2. The number of pyridine rings is 1. The van der Waals surface area contributed by atoms with E-state index in [0.717, 1.165) is 10.9 Å². The van der Waals surface area contributed by atoms with E-state index < -0.39 is 11.4 Å². The van der Waals surface area contributed by atoms with Gasteiger partial charge in [0.25, 0.3) is 5.56 Å². The van der Waals surface area contributed by atoms with Gasteiger partial charge in [0, 0.05) is 18.0 Å². The molecule has 1 amide bonds. The van der Waals surface area contributed by atoms with Crippen LogP contribution in [0.4, 0.5) is 11.4 Å². The predicted octanol–water partition coefficient (Wildman–Crippen LogP) is 3.32. The molecular formula is C25H20N4O4. The van der Waals surface area contributed by atoms with E-state index in [0.29, 0.717) is 34.4 Å². The number of rotatable bonds is 5. The molecule has 8 nitrogen and oxygen atoms in total. The van der Waals surface area contributed by atoms with Crippen LogP contribution in [0.2, 0.25) is 0 Å². The third-order valence-corrected chi connectivity index (χ3v) is 6.10. The van der Waals surface area contributed by atoms with Gasteiger partial charge in [-0.2, -0.15) is 5.10 Å². The minimum absolute atomic E-state index is 0.252. The summed E-state index contributed by atoms with van der Waals surface area (Å²) in [5.74, 6) is -1.34. The number of amides is 1. The van der Waals surface area contributed by atoms with E-state index in [1.807, 2.05) is 30.3 Å². The molecule has 2 N–H and O–H groups in total. The largest absolute Gasteiger partial charge is 0.481 e. The molecule has 164 valence electrons. The molecule has 5 rings (SSSR count). The standard InChI is InChI=1S/C25H20N4O4/c1-25(12-22(30)31)19-8-4-5-9-21(19)29(24(25)33)16-10-15(13-26-14-16)11-20-17-6-2-3-7-18(17)23(32)28-27-20/h2-10,13-14H,11-12H2,1H3,(H,28,32)(H,30,31). The van der Waals surface area contributed by atoms with Gasteiger partial charge >= 0.3 is 5.97 Å². The Kier molecular flexibility index (Phi) is 4.78. The summed E-state index contributed by atoms with van der Waals surface area (Å²) in [5, 5.41) is 17.5. The molecule has 0 saturated carbocycles. The topological polar surface area (TPSA) is 116 Å². The molecular weight excluding hydrogens is 420 g/mol. The minimum atomic E-state index is -1.17. The van der Waals surface area contributed by atoms with Crippen molar-refractivity contribution in [3.8, 4) is 0 Å². The van der Waals surface area contributed by atoms with Gasteiger partial charge in [-0.15, -0.1) is 0 Å². The number of aliphatic carboxylic acids is 1. The lowest BCUT2D eigenvalue weighted by Crippen LogP contribution is -2.37. The predicted molar refractivity (Wildman–Crippen MR) is 123 cm³/mol. The van der Waals surface area contributed by atoms with Crippen molar-refractivity contribution in [2.24, 2.45) is 0 Å². The molecule has 33 heavy (non-hydrogen) atoms. The number of para-hydroxylation sites is 1. The van der Waals surface area contributed by atoms with Crippen molar-refractivity contribution in [1.82, 2.24) is 15.2 Å². The maximum atomic E-state index is 13.5. The summed E-state index contributed by atoms with van der Waals surface area (Å²) in [6, 6.07) is 16.3. The van der Waals surface area contributed by atoms with Gasteiger partial charge in [0.1, 0.15) is 0 Å². The van der Waals surface area contributed by atoms with Crippen LogP contribution in [0.5, 0.6) is 0 Å². The second kappa shape index (κ2) is 7.67. The first-order valence-electron chi connectivity index (χ1n) is 10.4. The van der Waals surface area contributed by atoms with Gasteiger partial charge in [-0.3, -0.25) is 24.3 Å². The summed E-state index contributed by atoms with van der Waals surface area (Å²) in [6.07, 6.45) is 3.37. The molecule has 2 aromatic carbocycles. The number of carboxylic acids is 1. The fourth-order valence-electron chi connectivity index (χ4n) is 4.53. The molecule has 2 aromatic heterocycles.